The molecule has 3 heteroatoms. The third-order valence-corrected chi connectivity index (χ3v) is 11.0. The molecule has 11 rings (SSSR count). The van der Waals surface area contributed by atoms with Gasteiger partial charge in [-0.3, -0.25) is 0 Å². The number of aromatic nitrogens is 3. The van der Waals surface area contributed by atoms with Crippen molar-refractivity contribution in [3.63, 3.8) is 0 Å². The van der Waals surface area contributed by atoms with Crippen molar-refractivity contribution in [2.45, 2.75) is 0 Å². The van der Waals surface area contributed by atoms with Gasteiger partial charge in [-0.2, -0.15) is 0 Å². The molecule has 0 fully saturated rings. The first kappa shape index (κ1) is 28.9. The van der Waals surface area contributed by atoms with Crippen LogP contribution in [0.1, 0.15) is 0 Å². The highest BCUT2D eigenvalue weighted by Crippen LogP contribution is 2.40. The van der Waals surface area contributed by atoms with E-state index in [-0.39, 0.29) is 0 Å². The predicted octanol–water partition coefficient (Wildman–Crippen LogP) is 12.9. The van der Waals surface area contributed by atoms with Gasteiger partial charge in [-0.25, -0.2) is 0 Å². The normalized spacial score (nSPS) is 11.9. The Morgan fingerprint density at radius 3 is 1.17 bits per heavy atom. The number of fused-ring (bicyclic) bond motifs is 9. The summed E-state index contributed by atoms with van der Waals surface area (Å²) >= 11 is 0. The first-order valence-corrected chi connectivity index (χ1v) is 17.9. The molecular weight excluding hydrogens is 631 g/mol. The van der Waals surface area contributed by atoms with E-state index in [9.17, 15) is 0 Å². The van der Waals surface area contributed by atoms with Crippen molar-refractivity contribution in [1.82, 2.24) is 13.7 Å². The van der Waals surface area contributed by atoms with Gasteiger partial charge in [-0.05, 0) is 101 Å². The summed E-state index contributed by atoms with van der Waals surface area (Å²) in [4.78, 5) is 0. The van der Waals surface area contributed by atoms with Crippen molar-refractivity contribution >= 4 is 65.4 Å². The Morgan fingerprint density at radius 1 is 0.269 bits per heavy atom. The van der Waals surface area contributed by atoms with Crippen LogP contribution in [-0.4, -0.2) is 13.7 Å². The minimum absolute atomic E-state index is 1.16. The van der Waals surface area contributed by atoms with Crippen molar-refractivity contribution in [2.75, 3.05) is 0 Å². The zero-order valence-corrected chi connectivity index (χ0v) is 28.7. The fraction of sp³-hybridized carbons (Fsp3) is 0.0204. The molecule has 0 saturated heterocycles. The van der Waals surface area contributed by atoms with Crippen LogP contribution in [0.2, 0.25) is 0 Å². The van der Waals surface area contributed by atoms with Crippen molar-refractivity contribution in [3.05, 3.63) is 182 Å². The lowest BCUT2D eigenvalue weighted by atomic mass is 9.98. The lowest BCUT2D eigenvalue weighted by Gasteiger charge is -2.09. The molecule has 0 spiro atoms. The lowest BCUT2D eigenvalue weighted by Crippen LogP contribution is -1.93. The maximum atomic E-state index is 2.40. The van der Waals surface area contributed by atoms with Crippen molar-refractivity contribution in [3.8, 4) is 33.6 Å². The van der Waals surface area contributed by atoms with E-state index in [1.807, 2.05) is 0 Å². The Bertz CT molecular complexity index is 3180. The number of nitrogens with zero attached hydrogens (tertiary/aromatic N) is 3. The van der Waals surface area contributed by atoms with Crippen LogP contribution in [0.3, 0.4) is 0 Å². The molecule has 8 aromatic carbocycles. The van der Waals surface area contributed by atoms with E-state index < -0.39 is 0 Å². The topological polar surface area (TPSA) is 14.8 Å². The van der Waals surface area contributed by atoms with E-state index in [0.717, 1.165) is 5.69 Å². The quantitative estimate of drug-likeness (QED) is 0.178. The molecule has 0 aliphatic carbocycles. The molecule has 0 bridgehead atoms. The number of hydrogen-bond donors (Lipinski definition) is 0. The van der Waals surface area contributed by atoms with Gasteiger partial charge in [0.25, 0.3) is 0 Å². The number of aryl methyl sites for hydroxylation is 1. The zero-order valence-electron chi connectivity index (χ0n) is 28.7. The highest BCUT2D eigenvalue weighted by molar-refractivity contribution is 6.14. The van der Waals surface area contributed by atoms with Crippen LogP contribution >= 0.6 is 0 Å². The molecule has 0 aliphatic heterocycles. The molecule has 3 aromatic heterocycles. The average Bonchev–Trinajstić information content (AvgIpc) is 3.83. The zero-order chi connectivity index (χ0) is 34.3. The third-order valence-electron chi connectivity index (χ3n) is 11.0. The third kappa shape index (κ3) is 4.20. The molecule has 0 N–H and O–H groups in total. The van der Waals surface area contributed by atoms with E-state index in [1.54, 1.807) is 0 Å². The van der Waals surface area contributed by atoms with Gasteiger partial charge in [0.05, 0.1) is 22.1 Å². The van der Waals surface area contributed by atoms with Crippen LogP contribution < -0.4 is 0 Å². The molecule has 0 atom stereocenters. The molecule has 244 valence electrons. The van der Waals surface area contributed by atoms with Crippen molar-refractivity contribution in [2.24, 2.45) is 7.05 Å². The van der Waals surface area contributed by atoms with Gasteiger partial charge in [0.15, 0.2) is 0 Å². The van der Waals surface area contributed by atoms with E-state index in [2.05, 4.69) is 203 Å². The van der Waals surface area contributed by atoms with Crippen molar-refractivity contribution in [1.29, 1.82) is 0 Å². The highest BCUT2D eigenvalue weighted by atomic mass is 15.0. The Kier molecular flexibility index (Phi) is 6.17. The predicted molar refractivity (Wildman–Crippen MR) is 220 cm³/mol. The first-order chi connectivity index (χ1) is 25.7. The van der Waals surface area contributed by atoms with E-state index in [1.165, 1.54) is 93.4 Å². The highest BCUT2D eigenvalue weighted by Gasteiger charge is 2.17. The second-order valence-electron chi connectivity index (χ2n) is 13.9. The molecule has 0 amide bonds. The Balaban J connectivity index is 1.12. The number of para-hydroxylation sites is 4. The minimum atomic E-state index is 1.16. The lowest BCUT2D eigenvalue weighted by molar-refractivity contribution is 1.01. The Labute approximate surface area is 300 Å². The Hall–Kier alpha value is -6.84. The summed E-state index contributed by atoms with van der Waals surface area (Å²) in [6, 6.07) is 66.6. The molecule has 0 radical (unpaired) electrons. The molecule has 0 unspecified atom stereocenters. The summed E-state index contributed by atoms with van der Waals surface area (Å²) in [5, 5.41) is 7.60. The second kappa shape index (κ2) is 11.1. The fourth-order valence-electron chi connectivity index (χ4n) is 8.59. The standard InChI is InChI=1S/C49H33N3/c1-50-44-18-10-8-16-38(44)40-24-20-35(31-49(40)50)34-23-27-48-43(30-34)42-29-33(22-26-47(42)52(48)37-14-6-3-7-15-37)32-21-25-46-41(28-32)39-17-9-11-19-45(39)51(46)36-12-4-2-5-13-36/h2-31H,1H3. The minimum Gasteiger partial charge on any atom is -0.344 e. The summed E-state index contributed by atoms with van der Waals surface area (Å²) in [6.45, 7) is 0. The summed E-state index contributed by atoms with van der Waals surface area (Å²) in [6.07, 6.45) is 0. The largest absolute Gasteiger partial charge is 0.344 e. The molecule has 3 nitrogen and oxygen atoms in total. The van der Waals surface area contributed by atoms with E-state index in [4.69, 9.17) is 0 Å². The van der Waals surface area contributed by atoms with Gasteiger partial charge >= 0.3 is 0 Å². The molecule has 0 saturated carbocycles. The first-order valence-electron chi connectivity index (χ1n) is 17.9. The maximum absolute atomic E-state index is 2.40. The summed E-state index contributed by atoms with van der Waals surface area (Å²) < 4.78 is 7.10. The molecule has 11 aromatic rings. The molecule has 3 heterocycles. The average molecular weight is 664 g/mol. The van der Waals surface area contributed by atoms with Gasteiger partial charge in [0.1, 0.15) is 0 Å². The second-order valence-corrected chi connectivity index (χ2v) is 13.9. The van der Waals surface area contributed by atoms with Gasteiger partial charge in [0.2, 0.25) is 0 Å². The van der Waals surface area contributed by atoms with Crippen LogP contribution in [0, 0.1) is 0 Å². The van der Waals surface area contributed by atoms with E-state index >= 15 is 0 Å². The van der Waals surface area contributed by atoms with Crippen LogP contribution in [0.25, 0.3) is 99.0 Å². The van der Waals surface area contributed by atoms with Gasteiger partial charge in [-0.1, -0.05) is 103 Å². The van der Waals surface area contributed by atoms with Crippen LogP contribution in [0.15, 0.2) is 182 Å². The number of benzene rings is 8. The van der Waals surface area contributed by atoms with Crippen LogP contribution in [0.4, 0.5) is 0 Å². The van der Waals surface area contributed by atoms with Gasteiger partial charge < -0.3 is 13.7 Å². The van der Waals surface area contributed by atoms with Crippen LogP contribution in [0.5, 0.6) is 0 Å². The van der Waals surface area contributed by atoms with Gasteiger partial charge in [-0.15, -0.1) is 0 Å². The summed E-state index contributed by atoms with van der Waals surface area (Å²) in [5.74, 6) is 0. The number of hydrogen-bond acceptors (Lipinski definition) is 0. The maximum Gasteiger partial charge on any atom is 0.0541 e. The van der Waals surface area contributed by atoms with Gasteiger partial charge in [0, 0.05) is 61.8 Å². The smallest absolute Gasteiger partial charge is 0.0541 e. The SMILES string of the molecule is Cn1c2ccccc2c2ccc(-c3ccc4c(c3)c3cc(-c5ccc6c(c5)c5ccccc5n6-c5ccccc5)ccc3n4-c3ccccc3)cc21. The van der Waals surface area contributed by atoms with E-state index in [0.29, 0.717) is 0 Å². The fourth-order valence-corrected chi connectivity index (χ4v) is 8.59. The monoisotopic (exact) mass is 663 g/mol. The number of rotatable bonds is 4. The summed E-state index contributed by atoms with van der Waals surface area (Å²) in [5.41, 5.74) is 14.5. The van der Waals surface area contributed by atoms with Crippen LogP contribution in [-0.2, 0) is 7.05 Å². The van der Waals surface area contributed by atoms with Crippen molar-refractivity contribution < 1.29 is 0 Å². The molecule has 0 aliphatic rings. The Morgan fingerprint density at radius 2 is 0.635 bits per heavy atom. The molecular formula is C49H33N3. The molecule has 52 heavy (non-hydrogen) atoms. The summed E-state index contributed by atoms with van der Waals surface area (Å²) in [7, 11) is 2.17.